The van der Waals surface area contributed by atoms with Gasteiger partial charge in [-0.25, -0.2) is 0 Å². The van der Waals surface area contributed by atoms with Crippen molar-refractivity contribution < 1.29 is 4.21 Å². The lowest BCUT2D eigenvalue weighted by molar-refractivity contribution is 0.113. The highest BCUT2D eigenvalue weighted by atomic mass is 32.2. The molecule has 1 rings (SSSR count). The maximum absolute atomic E-state index is 11.6. The molecule has 1 fully saturated rings. The molecule has 4 atom stereocenters. The highest BCUT2D eigenvalue weighted by Crippen LogP contribution is 2.17. The molecule has 0 aromatic rings. The molecule has 4 unspecified atom stereocenters. The Hall–Kier alpha value is 0.0700. The van der Waals surface area contributed by atoms with Crippen LogP contribution in [0.3, 0.4) is 0 Å². The van der Waals surface area contributed by atoms with Crippen molar-refractivity contribution in [3.63, 3.8) is 0 Å². The molecule has 0 aromatic carbocycles. The summed E-state index contributed by atoms with van der Waals surface area (Å²) in [6.07, 6.45) is 2.40. The van der Waals surface area contributed by atoms with Gasteiger partial charge >= 0.3 is 0 Å². The smallest absolute Gasteiger partial charge is 0.0362 e. The zero-order chi connectivity index (χ0) is 13.5. The summed E-state index contributed by atoms with van der Waals surface area (Å²) in [4.78, 5) is 2.56. The first-order valence-electron chi connectivity index (χ1n) is 7.44. The molecule has 4 heteroatoms. The molecule has 0 aliphatic carbocycles. The first-order chi connectivity index (χ1) is 8.62. The number of nitrogens with one attached hydrogen (secondary N) is 1. The van der Waals surface area contributed by atoms with Gasteiger partial charge in [-0.15, -0.1) is 0 Å². The summed E-state index contributed by atoms with van der Waals surface area (Å²) in [5.74, 6) is 2.35. The summed E-state index contributed by atoms with van der Waals surface area (Å²) in [7, 11) is -0.631. The van der Waals surface area contributed by atoms with Gasteiger partial charge in [-0.1, -0.05) is 34.1 Å². The highest BCUT2D eigenvalue weighted by Gasteiger charge is 2.28. The molecule has 0 spiro atoms. The van der Waals surface area contributed by atoms with Crippen LogP contribution in [0.1, 0.15) is 40.5 Å². The summed E-state index contributed by atoms with van der Waals surface area (Å²) in [5.41, 5.74) is 0. The molecule has 0 saturated carbocycles. The molecule has 0 amide bonds. The molecule has 0 radical (unpaired) electrons. The molecule has 0 bridgehead atoms. The highest BCUT2D eigenvalue weighted by molar-refractivity contribution is 7.84. The van der Waals surface area contributed by atoms with E-state index in [1.54, 1.807) is 0 Å². The largest absolute Gasteiger partial charge is 0.311 e. The normalized spacial score (nSPS) is 29.1. The molecule has 1 N–H and O–H groups in total. The molecule has 1 aliphatic heterocycles. The van der Waals surface area contributed by atoms with Crippen LogP contribution >= 0.6 is 0 Å². The molecule has 3 nitrogen and oxygen atoms in total. The minimum Gasteiger partial charge on any atom is -0.311 e. The van der Waals surface area contributed by atoms with E-state index in [4.69, 9.17) is 0 Å². The van der Waals surface area contributed by atoms with Crippen LogP contribution in [0.4, 0.5) is 0 Å². The van der Waals surface area contributed by atoms with E-state index in [2.05, 4.69) is 31.0 Å². The number of hydrogen-bond donors (Lipinski definition) is 1. The molecule has 1 saturated heterocycles. The van der Waals surface area contributed by atoms with Gasteiger partial charge in [-0.2, -0.15) is 0 Å². The van der Waals surface area contributed by atoms with Crippen molar-refractivity contribution in [3.8, 4) is 0 Å². The van der Waals surface area contributed by atoms with Crippen LogP contribution in [0.5, 0.6) is 0 Å². The third-order valence-electron chi connectivity index (χ3n) is 4.29. The average molecular weight is 274 g/mol. The van der Waals surface area contributed by atoms with Gasteiger partial charge < -0.3 is 5.32 Å². The van der Waals surface area contributed by atoms with E-state index >= 15 is 0 Å². The first-order valence-corrected chi connectivity index (χ1v) is 8.93. The molecular formula is C14H30N2OS. The summed E-state index contributed by atoms with van der Waals surface area (Å²) in [6, 6.07) is 1.23. The van der Waals surface area contributed by atoms with Gasteiger partial charge in [0.15, 0.2) is 0 Å². The predicted molar refractivity (Wildman–Crippen MR) is 80.4 cm³/mol. The van der Waals surface area contributed by atoms with Crippen molar-refractivity contribution >= 4 is 10.8 Å². The van der Waals surface area contributed by atoms with Gasteiger partial charge in [-0.05, 0) is 12.3 Å². The lowest BCUT2D eigenvalue weighted by Crippen LogP contribution is -2.58. The summed E-state index contributed by atoms with van der Waals surface area (Å²) in [6.45, 7) is 12.0. The Balaban J connectivity index is 2.50. The molecule has 0 aromatic heterocycles. The molecule has 1 aliphatic rings. The average Bonchev–Trinajstić information content (AvgIpc) is 2.43. The Morgan fingerprint density at radius 2 is 2.11 bits per heavy atom. The number of rotatable bonds is 7. The van der Waals surface area contributed by atoms with E-state index in [1.807, 2.05) is 6.92 Å². The Bertz CT molecular complexity index is 260. The van der Waals surface area contributed by atoms with E-state index in [9.17, 15) is 4.21 Å². The maximum atomic E-state index is 11.6. The fourth-order valence-electron chi connectivity index (χ4n) is 2.59. The van der Waals surface area contributed by atoms with Crippen molar-refractivity contribution in [2.75, 3.05) is 31.1 Å². The summed E-state index contributed by atoms with van der Waals surface area (Å²) in [5, 5.41) is 3.68. The van der Waals surface area contributed by atoms with E-state index in [-0.39, 0.29) is 0 Å². The van der Waals surface area contributed by atoms with Crippen molar-refractivity contribution in [3.05, 3.63) is 0 Å². The van der Waals surface area contributed by atoms with Crippen LogP contribution in [0, 0.1) is 5.92 Å². The van der Waals surface area contributed by atoms with Gasteiger partial charge in [0.2, 0.25) is 0 Å². The lowest BCUT2D eigenvalue weighted by atomic mass is 9.95. The third-order valence-corrected chi connectivity index (χ3v) is 5.58. The van der Waals surface area contributed by atoms with Crippen LogP contribution in [0.2, 0.25) is 0 Å². The fourth-order valence-corrected chi connectivity index (χ4v) is 3.32. The van der Waals surface area contributed by atoms with E-state index < -0.39 is 10.8 Å². The number of piperazine rings is 1. The van der Waals surface area contributed by atoms with E-state index in [0.29, 0.717) is 12.1 Å². The van der Waals surface area contributed by atoms with Crippen LogP contribution in [0.25, 0.3) is 0 Å². The van der Waals surface area contributed by atoms with Crippen molar-refractivity contribution in [2.45, 2.75) is 52.6 Å². The van der Waals surface area contributed by atoms with Gasteiger partial charge in [0.25, 0.3) is 0 Å². The third kappa shape index (κ3) is 4.63. The predicted octanol–water partition coefficient (Wildman–Crippen LogP) is 1.85. The zero-order valence-corrected chi connectivity index (χ0v) is 13.3. The van der Waals surface area contributed by atoms with E-state index in [1.165, 1.54) is 12.8 Å². The van der Waals surface area contributed by atoms with Crippen LogP contribution in [-0.4, -0.2) is 52.3 Å². The van der Waals surface area contributed by atoms with Gasteiger partial charge in [0.05, 0.1) is 0 Å². The maximum Gasteiger partial charge on any atom is 0.0362 e. The van der Waals surface area contributed by atoms with Gasteiger partial charge in [-0.3, -0.25) is 9.11 Å². The van der Waals surface area contributed by atoms with Crippen molar-refractivity contribution in [2.24, 2.45) is 5.92 Å². The summed E-state index contributed by atoms with van der Waals surface area (Å²) < 4.78 is 11.6. The summed E-state index contributed by atoms with van der Waals surface area (Å²) >= 11 is 0. The molecule has 1 heterocycles. The van der Waals surface area contributed by atoms with Crippen LogP contribution < -0.4 is 5.32 Å². The Morgan fingerprint density at radius 1 is 1.39 bits per heavy atom. The quantitative estimate of drug-likeness (QED) is 0.769. The van der Waals surface area contributed by atoms with Gasteiger partial charge in [0.1, 0.15) is 0 Å². The monoisotopic (exact) mass is 274 g/mol. The standard InChI is InChI=1S/C14H30N2OS/c1-5-12(4)14-11-16(8-9-18(17)7-3)13(6-2)10-15-14/h12-15H,5-11H2,1-4H3. The number of nitrogens with zero attached hydrogens (tertiary/aromatic N) is 1. The van der Waals surface area contributed by atoms with Gasteiger partial charge in [0, 0.05) is 54.0 Å². The Morgan fingerprint density at radius 3 is 2.67 bits per heavy atom. The van der Waals surface area contributed by atoms with E-state index in [0.717, 1.165) is 37.1 Å². The second-order valence-corrected chi connectivity index (χ2v) is 7.26. The SMILES string of the molecule is CCC(C)C1CN(CCS(=O)CC)C(CC)CN1. The Kier molecular flexibility index (Phi) is 7.42. The lowest BCUT2D eigenvalue weighted by Gasteiger charge is -2.42. The zero-order valence-electron chi connectivity index (χ0n) is 12.4. The molecular weight excluding hydrogens is 244 g/mol. The second-order valence-electron chi connectivity index (χ2n) is 5.39. The number of hydrogen-bond acceptors (Lipinski definition) is 3. The topological polar surface area (TPSA) is 32.3 Å². The van der Waals surface area contributed by atoms with Crippen molar-refractivity contribution in [1.82, 2.24) is 10.2 Å². The molecule has 18 heavy (non-hydrogen) atoms. The minimum absolute atomic E-state index is 0.605. The Labute approximate surface area is 115 Å². The minimum atomic E-state index is -0.631. The van der Waals surface area contributed by atoms with Crippen molar-refractivity contribution in [1.29, 1.82) is 0 Å². The second kappa shape index (κ2) is 8.28. The van der Waals surface area contributed by atoms with Crippen LogP contribution in [0.15, 0.2) is 0 Å². The first kappa shape index (κ1) is 16.1. The fraction of sp³-hybridized carbons (Fsp3) is 1.00. The molecule has 108 valence electrons. The van der Waals surface area contributed by atoms with Crippen LogP contribution in [-0.2, 0) is 10.8 Å².